The van der Waals surface area contributed by atoms with Crippen LogP contribution in [0.4, 0.5) is 19.1 Å². The van der Waals surface area contributed by atoms with E-state index in [4.69, 9.17) is 0 Å². The number of thiazole rings is 1. The predicted molar refractivity (Wildman–Crippen MR) is 98.0 cm³/mol. The molecule has 7 nitrogen and oxygen atoms in total. The van der Waals surface area contributed by atoms with Crippen molar-refractivity contribution < 1.29 is 13.2 Å². The van der Waals surface area contributed by atoms with Crippen molar-refractivity contribution in [3.63, 3.8) is 0 Å². The van der Waals surface area contributed by atoms with Crippen LogP contribution < -0.4 is 10.2 Å². The van der Waals surface area contributed by atoms with E-state index >= 15 is 0 Å². The lowest BCUT2D eigenvalue weighted by Gasteiger charge is -2.36. The molecule has 3 heterocycles. The lowest BCUT2D eigenvalue weighted by atomic mass is 10.3. The smallest absolute Gasteiger partial charge is 0.356 e. The summed E-state index contributed by atoms with van der Waals surface area (Å²) in [5, 5.41) is 4.71. The zero-order valence-corrected chi connectivity index (χ0v) is 15.6. The monoisotopic (exact) mass is 399 g/mol. The Labute approximate surface area is 159 Å². The van der Waals surface area contributed by atoms with Crippen LogP contribution in [0.3, 0.4) is 0 Å². The molecule has 1 saturated heterocycles. The molecule has 1 aliphatic rings. The molecule has 0 bridgehead atoms. The summed E-state index contributed by atoms with van der Waals surface area (Å²) in [7, 11) is 1.69. The highest BCUT2D eigenvalue weighted by Crippen LogP contribution is 2.30. The van der Waals surface area contributed by atoms with Crippen molar-refractivity contribution in [3.05, 3.63) is 34.5 Å². The van der Waals surface area contributed by atoms with Crippen molar-refractivity contribution in [3.8, 4) is 0 Å². The summed E-state index contributed by atoms with van der Waals surface area (Å²) in [6.07, 6.45) is -0.534. The molecule has 2 aromatic rings. The van der Waals surface area contributed by atoms with Gasteiger partial charge in [0.2, 0.25) is 5.95 Å². The summed E-state index contributed by atoms with van der Waals surface area (Å²) in [6, 6.07) is 1.78. The lowest BCUT2D eigenvalue weighted by Crippen LogP contribution is -2.53. The lowest BCUT2D eigenvalue weighted by molar-refractivity contribution is -0.140. The van der Waals surface area contributed by atoms with Crippen molar-refractivity contribution in [1.29, 1.82) is 0 Å². The molecule has 2 aromatic heterocycles. The molecule has 27 heavy (non-hydrogen) atoms. The molecule has 0 aliphatic carbocycles. The molecule has 0 unspecified atom stereocenters. The molecule has 1 aliphatic heterocycles. The van der Waals surface area contributed by atoms with Gasteiger partial charge in [-0.2, -0.15) is 13.2 Å². The number of nitrogens with zero attached hydrogens (tertiary/aromatic N) is 6. The number of aromatic nitrogens is 3. The van der Waals surface area contributed by atoms with Gasteiger partial charge in [-0.25, -0.2) is 15.0 Å². The number of nitrogens with one attached hydrogen (secondary N) is 1. The molecule has 0 amide bonds. The fourth-order valence-corrected chi connectivity index (χ4v) is 3.55. The number of hydrogen-bond donors (Lipinski definition) is 1. The van der Waals surface area contributed by atoms with E-state index in [2.05, 4.69) is 35.1 Å². The number of halogens is 3. The molecule has 1 fully saturated rings. The maximum atomic E-state index is 12.6. The molecule has 0 atom stereocenters. The first kappa shape index (κ1) is 19.3. The number of hydrogen-bond acceptors (Lipinski definition) is 6. The number of piperazine rings is 1. The molecule has 3 rings (SSSR count). The van der Waals surface area contributed by atoms with Crippen molar-refractivity contribution in [2.75, 3.05) is 44.7 Å². The zero-order valence-electron chi connectivity index (χ0n) is 14.8. The van der Waals surface area contributed by atoms with Crippen LogP contribution in [-0.2, 0) is 12.6 Å². The normalized spacial score (nSPS) is 15.9. The molecule has 0 aromatic carbocycles. The highest BCUT2D eigenvalue weighted by atomic mass is 32.1. The molecular weight excluding hydrogens is 379 g/mol. The molecule has 0 spiro atoms. The summed E-state index contributed by atoms with van der Waals surface area (Å²) < 4.78 is 37.8. The van der Waals surface area contributed by atoms with E-state index < -0.39 is 11.9 Å². The predicted octanol–water partition coefficient (Wildman–Crippen LogP) is 1.89. The second-order valence-corrected chi connectivity index (χ2v) is 6.81. The van der Waals surface area contributed by atoms with E-state index in [1.54, 1.807) is 25.5 Å². The number of alkyl halides is 3. The minimum atomic E-state index is -4.39. The van der Waals surface area contributed by atoms with E-state index in [1.807, 2.05) is 0 Å². The summed E-state index contributed by atoms with van der Waals surface area (Å²) in [4.78, 5) is 20.7. The maximum Gasteiger partial charge on any atom is 0.434 e. The summed E-state index contributed by atoms with van der Waals surface area (Å²) in [5.74, 6) is 1.44. The first-order valence-corrected chi connectivity index (χ1v) is 9.34. The number of guanidine groups is 1. The fraction of sp³-hybridized carbons (Fsp3) is 0.500. The Morgan fingerprint density at radius 3 is 2.52 bits per heavy atom. The molecule has 11 heteroatoms. The third kappa shape index (κ3) is 5.06. The van der Waals surface area contributed by atoms with Crippen molar-refractivity contribution in [1.82, 2.24) is 25.2 Å². The highest BCUT2D eigenvalue weighted by Gasteiger charge is 2.33. The second-order valence-electron chi connectivity index (χ2n) is 5.87. The van der Waals surface area contributed by atoms with Gasteiger partial charge in [-0.3, -0.25) is 4.99 Å². The van der Waals surface area contributed by atoms with E-state index in [0.29, 0.717) is 23.9 Å². The van der Waals surface area contributed by atoms with Crippen molar-refractivity contribution >= 4 is 23.2 Å². The maximum absolute atomic E-state index is 12.6. The highest BCUT2D eigenvalue weighted by molar-refractivity contribution is 7.09. The summed E-state index contributed by atoms with van der Waals surface area (Å²) in [5.41, 5.74) is -0.828. The van der Waals surface area contributed by atoms with Gasteiger partial charge in [0.1, 0.15) is 0 Å². The first-order valence-electron chi connectivity index (χ1n) is 8.46. The minimum absolute atomic E-state index is 0.414. The average molecular weight is 399 g/mol. The van der Waals surface area contributed by atoms with Gasteiger partial charge >= 0.3 is 6.18 Å². The number of aliphatic imine (C=N–C) groups is 1. The Kier molecular flexibility index (Phi) is 6.09. The zero-order chi connectivity index (χ0) is 19.3. The second kappa shape index (κ2) is 8.51. The van der Waals surface area contributed by atoms with Gasteiger partial charge in [0.25, 0.3) is 0 Å². The minimum Gasteiger partial charge on any atom is -0.356 e. The molecule has 1 N–H and O–H groups in total. The van der Waals surface area contributed by atoms with Crippen LogP contribution in [0.15, 0.2) is 28.8 Å². The third-order valence-electron chi connectivity index (χ3n) is 4.09. The Balaban J connectivity index is 1.47. The standard InChI is InChI=1S/C16H20F3N7S/c1-20-14(23-6-3-13-24-12(11-27-13)16(17,18)19)25-7-9-26(10-8-25)15-21-4-2-5-22-15/h2,4-5,11H,3,6-10H2,1H3,(H,20,23). The van der Waals surface area contributed by atoms with Crippen LogP contribution in [0, 0.1) is 0 Å². The van der Waals surface area contributed by atoms with Gasteiger partial charge in [0.05, 0.1) is 5.01 Å². The molecule has 0 saturated carbocycles. The van der Waals surface area contributed by atoms with Crippen LogP contribution in [-0.4, -0.2) is 65.6 Å². The molecule has 0 radical (unpaired) electrons. The first-order chi connectivity index (χ1) is 13.0. The summed E-state index contributed by atoms with van der Waals surface area (Å²) in [6.45, 7) is 3.53. The molecule has 146 valence electrons. The van der Waals surface area contributed by atoms with E-state index in [1.165, 1.54) is 0 Å². The van der Waals surface area contributed by atoms with Gasteiger partial charge in [-0.05, 0) is 6.07 Å². The van der Waals surface area contributed by atoms with Gasteiger partial charge in [0, 0.05) is 64.0 Å². The van der Waals surface area contributed by atoms with E-state index in [0.717, 1.165) is 48.9 Å². The Bertz CT molecular complexity index is 755. The van der Waals surface area contributed by atoms with Crippen LogP contribution in [0.2, 0.25) is 0 Å². The topological polar surface area (TPSA) is 69.5 Å². The van der Waals surface area contributed by atoms with Crippen molar-refractivity contribution in [2.24, 2.45) is 4.99 Å². The fourth-order valence-electron chi connectivity index (χ4n) is 2.74. The van der Waals surface area contributed by atoms with Crippen molar-refractivity contribution in [2.45, 2.75) is 12.6 Å². The third-order valence-corrected chi connectivity index (χ3v) is 5.00. The van der Waals surface area contributed by atoms with Crippen LogP contribution in [0.1, 0.15) is 10.7 Å². The number of anilines is 1. The quantitative estimate of drug-likeness (QED) is 0.626. The Hall–Kier alpha value is -2.43. The average Bonchev–Trinajstić information content (AvgIpc) is 3.16. The van der Waals surface area contributed by atoms with Gasteiger partial charge in [-0.15, -0.1) is 11.3 Å². The van der Waals surface area contributed by atoms with Gasteiger partial charge < -0.3 is 15.1 Å². The van der Waals surface area contributed by atoms with E-state index in [-0.39, 0.29) is 0 Å². The Morgan fingerprint density at radius 2 is 1.93 bits per heavy atom. The van der Waals surface area contributed by atoms with Gasteiger partial charge in [-0.1, -0.05) is 0 Å². The van der Waals surface area contributed by atoms with E-state index in [9.17, 15) is 13.2 Å². The molecular formula is C16H20F3N7S. The number of rotatable bonds is 4. The van der Waals surface area contributed by atoms with Crippen LogP contribution in [0.5, 0.6) is 0 Å². The Morgan fingerprint density at radius 1 is 1.22 bits per heavy atom. The summed E-state index contributed by atoms with van der Waals surface area (Å²) >= 11 is 1.02. The SMILES string of the molecule is CN=C(NCCc1nc(C(F)(F)F)cs1)N1CCN(c2ncccn2)CC1. The van der Waals surface area contributed by atoms with Crippen LogP contribution in [0.25, 0.3) is 0 Å². The largest absolute Gasteiger partial charge is 0.434 e. The van der Waals surface area contributed by atoms with Gasteiger partial charge in [0.15, 0.2) is 11.7 Å². The van der Waals surface area contributed by atoms with Crippen LogP contribution >= 0.6 is 11.3 Å².